The lowest BCUT2D eigenvalue weighted by atomic mass is 10.2. The van der Waals surface area contributed by atoms with E-state index in [9.17, 15) is 0 Å². The molecule has 0 aliphatic heterocycles. The van der Waals surface area contributed by atoms with Crippen LogP contribution < -0.4 is 5.73 Å². The molecular weight excluding hydrogens is 184 g/mol. The Hall–Kier alpha value is -1.67. The first kappa shape index (κ1) is 9.42. The van der Waals surface area contributed by atoms with E-state index in [4.69, 9.17) is 11.0 Å². The third kappa shape index (κ3) is 2.13. The molecule has 0 aliphatic carbocycles. The Morgan fingerprint density at radius 3 is 2.92 bits per heavy atom. The van der Waals surface area contributed by atoms with Gasteiger partial charge >= 0.3 is 0 Å². The highest BCUT2D eigenvalue weighted by Gasteiger charge is 2.01. The van der Waals surface area contributed by atoms with E-state index >= 15 is 0 Å². The van der Waals surface area contributed by atoms with Gasteiger partial charge in [0.25, 0.3) is 0 Å². The van der Waals surface area contributed by atoms with E-state index < -0.39 is 0 Å². The number of rotatable bonds is 2. The highest BCUT2D eigenvalue weighted by atomic mass is 32.1. The standard InChI is InChI=1S/C8H8N4S/c1-12-7(2-3-11-12)4-6(5-9)8(10)13/h2-4H,1H3,(H2,10,13)/b6-4-. The average molecular weight is 192 g/mol. The summed E-state index contributed by atoms with van der Waals surface area (Å²) in [6.07, 6.45) is 3.25. The largest absolute Gasteiger partial charge is 0.389 e. The van der Waals surface area contributed by atoms with Crippen molar-refractivity contribution in [1.82, 2.24) is 9.78 Å². The van der Waals surface area contributed by atoms with Gasteiger partial charge in [0.15, 0.2) is 0 Å². The molecular formula is C8H8N4S. The third-order valence-corrected chi connectivity index (χ3v) is 1.76. The average Bonchev–Trinajstić information content (AvgIpc) is 2.46. The van der Waals surface area contributed by atoms with Gasteiger partial charge in [0.05, 0.1) is 11.3 Å². The quantitative estimate of drug-likeness (QED) is 0.423. The summed E-state index contributed by atoms with van der Waals surface area (Å²) in [7, 11) is 1.78. The number of nitriles is 1. The summed E-state index contributed by atoms with van der Waals surface area (Å²) < 4.78 is 1.63. The number of hydrogen-bond acceptors (Lipinski definition) is 3. The molecule has 4 nitrogen and oxygen atoms in total. The van der Waals surface area contributed by atoms with Crippen molar-refractivity contribution in [2.45, 2.75) is 0 Å². The summed E-state index contributed by atoms with van der Waals surface area (Å²) in [5.41, 5.74) is 6.41. The first-order chi connectivity index (χ1) is 6.15. The van der Waals surface area contributed by atoms with E-state index in [1.807, 2.05) is 6.07 Å². The molecule has 0 aromatic carbocycles. The van der Waals surface area contributed by atoms with Crippen LogP contribution in [0.1, 0.15) is 5.69 Å². The normalized spacial score (nSPS) is 10.9. The Balaban J connectivity index is 3.07. The summed E-state index contributed by atoms with van der Waals surface area (Å²) in [6.45, 7) is 0. The molecule has 1 aromatic rings. The Bertz CT molecular complexity index is 397. The monoisotopic (exact) mass is 192 g/mol. The van der Waals surface area contributed by atoms with Gasteiger partial charge in [-0.1, -0.05) is 12.2 Å². The molecule has 0 amide bonds. The van der Waals surface area contributed by atoms with Gasteiger partial charge < -0.3 is 5.73 Å². The summed E-state index contributed by atoms with van der Waals surface area (Å²) >= 11 is 4.69. The van der Waals surface area contributed by atoms with Crippen LogP contribution in [0.25, 0.3) is 6.08 Å². The molecule has 0 saturated carbocycles. The van der Waals surface area contributed by atoms with Crippen LogP contribution in [-0.4, -0.2) is 14.8 Å². The van der Waals surface area contributed by atoms with Crippen LogP contribution >= 0.6 is 12.2 Å². The fourth-order valence-corrected chi connectivity index (χ4v) is 0.937. The topological polar surface area (TPSA) is 67.6 Å². The minimum atomic E-state index is 0.101. The lowest BCUT2D eigenvalue weighted by Gasteiger charge is -1.96. The van der Waals surface area contributed by atoms with Crippen LogP contribution in [0.2, 0.25) is 0 Å². The lowest BCUT2D eigenvalue weighted by molar-refractivity contribution is 0.759. The van der Waals surface area contributed by atoms with Crippen molar-refractivity contribution in [3.05, 3.63) is 23.5 Å². The molecule has 1 rings (SSSR count). The molecule has 1 aromatic heterocycles. The van der Waals surface area contributed by atoms with E-state index in [0.717, 1.165) is 5.69 Å². The molecule has 0 fully saturated rings. The first-order valence-corrected chi connectivity index (χ1v) is 3.95. The van der Waals surface area contributed by atoms with Gasteiger partial charge in [-0.3, -0.25) is 4.68 Å². The van der Waals surface area contributed by atoms with Gasteiger partial charge in [0, 0.05) is 13.2 Å². The maximum Gasteiger partial charge on any atom is 0.114 e. The molecule has 0 unspecified atom stereocenters. The number of hydrogen-bond donors (Lipinski definition) is 1. The fourth-order valence-electron chi connectivity index (χ4n) is 0.832. The predicted molar refractivity (Wildman–Crippen MR) is 53.6 cm³/mol. The Labute approximate surface area is 81.3 Å². The van der Waals surface area contributed by atoms with Crippen LogP contribution in [0, 0.1) is 11.3 Å². The van der Waals surface area contributed by atoms with Crippen molar-refractivity contribution in [2.24, 2.45) is 12.8 Å². The number of nitrogens with two attached hydrogens (primary N) is 1. The summed E-state index contributed by atoms with van der Waals surface area (Å²) in [6, 6.07) is 3.69. The van der Waals surface area contributed by atoms with Crippen LogP contribution in [-0.2, 0) is 7.05 Å². The highest BCUT2D eigenvalue weighted by Crippen LogP contribution is 2.04. The van der Waals surface area contributed by atoms with E-state index in [1.165, 1.54) is 0 Å². The van der Waals surface area contributed by atoms with Gasteiger partial charge in [0.1, 0.15) is 11.1 Å². The summed E-state index contributed by atoms with van der Waals surface area (Å²) in [4.78, 5) is 0.101. The summed E-state index contributed by atoms with van der Waals surface area (Å²) in [5, 5.41) is 12.6. The Kier molecular flexibility index (Phi) is 2.77. The molecule has 0 spiro atoms. The van der Waals surface area contributed by atoms with Crippen LogP contribution in [0.3, 0.4) is 0 Å². The van der Waals surface area contributed by atoms with E-state index in [1.54, 1.807) is 30.1 Å². The van der Waals surface area contributed by atoms with Crippen LogP contribution in [0.5, 0.6) is 0 Å². The maximum absolute atomic E-state index is 8.67. The van der Waals surface area contributed by atoms with E-state index in [0.29, 0.717) is 5.57 Å². The lowest BCUT2D eigenvalue weighted by Crippen LogP contribution is -2.10. The second-order valence-electron chi connectivity index (χ2n) is 2.41. The van der Waals surface area contributed by atoms with Gasteiger partial charge in [-0.2, -0.15) is 10.4 Å². The molecule has 0 saturated heterocycles. The van der Waals surface area contributed by atoms with Crippen molar-refractivity contribution >= 4 is 23.3 Å². The maximum atomic E-state index is 8.67. The van der Waals surface area contributed by atoms with Gasteiger partial charge in [-0.15, -0.1) is 0 Å². The van der Waals surface area contributed by atoms with Crippen molar-refractivity contribution < 1.29 is 0 Å². The number of aryl methyl sites for hydroxylation is 1. The fraction of sp³-hybridized carbons (Fsp3) is 0.125. The molecule has 0 aliphatic rings. The third-order valence-electron chi connectivity index (χ3n) is 1.54. The molecule has 2 N–H and O–H groups in total. The minimum Gasteiger partial charge on any atom is -0.389 e. The van der Waals surface area contributed by atoms with Crippen molar-refractivity contribution in [1.29, 1.82) is 5.26 Å². The van der Waals surface area contributed by atoms with Gasteiger partial charge in [-0.25, -0.2) is 0 Å². The second kappa shape index (κ2) is 3.83. The SMILES string of the molecule is Cn1nccc1/C=C(/C#N)C(N)=S. The zero-order valence-electron chi connectivity index (χ0n) is 7.06. The molecule has 1 heterocycles. The Morgan fingerprint density at radius 1 is 1.85 bits per heavy atom. The zero-order valence-corrected chi connectivity index (χ0v) is 7.88. The van der Waals surface area contributed by atoms with Gasteiger partial charge in [-0.05, 0) is 12.1 Å². The van der Waals surface area contributed by atoms with Gasteiger partial charge in [0.2, 0.25) is 0 Å². The summed E-state index contributed by atoms with van der Waals surface area (Å²) in [5.74, 6) is 0. The van der Waals surface area contributed by atoms with Crippen molar-refractivity contribution in [3.8, 4) is 6.07 Å². The molecule has 13 heavy (non-hydrogen) atoms. The number of thiocarbonyl (C=S) groups is 1. The van der Waals surface area contributed by atoms with Crippen molar-refractivity contribution in [2.75, 3.05) is 0 Å². The molecule has 5 heteroatoms. The molecule has 0 bridgehead atoms. The molecule has 0 atom stereocenters. The van der Waals surface area contributed by atoms with Crippen LogP contribution in [0.15, 0.2) is 17.8 Å². The van der Waals surface area contributed by atoms with Crippen molar-refractivity contribution in [3.63, 3.8) is 0 Å². The number of nitrogens with zero attached hydrogens (tertiary/aromatic N) is 3. The highest BCUT2D eigenvalue weighted by molar-refractivity contribution is 7.80. The van der Waals surface area contributed by atoms with E-state index in [2.05, 4.69) is 17.3 Å². The number of aromatic nitrogens is 2. The smallest absolute Gasteiger partial charge is 0.114 e. The minimum absolute atomic E-state index is 0.101. The van der Waals surface area contributed by atoms with E-state index in [-0.39, 0.29) is 4.99 Å². The Morgan fingerprint density at radius 2 is 2.54 bits per heavy atom. The first-order valence-electron chi connectivity index (χ1n) is 3.54. The van der Waals surface area contributed by atoms with Crippen LogP contribution in [0.4, 0.5) is 0 Å². The molecule has 0 radical (unpaired) electrons. The zero-order chi connectivity index (χ0) is 9.84. The predicted octanol–water partition coefficient (Wildman–Crippen LogP) is 0.613. The molecule has 66 valence electrons. The second-order valence-corrected chi connectivity index (χ2v) is 2.85.